The average molecular weight is 407 g/mol. The van der Waals surface area contributed by atoms with Crippen molar-refractivity contribution in [1.82, 2.24) is 4.57 Å². The third-order valence-electron chi connectivity index (χ3n) is 2.55. The monoisotopic (exact) mass is 405 g/mol. The van der Waals surface area contributed by atoms with Crippen molar-refractivity contribution in [3.63, 3.8) is 0 Å². The van der Waals surface area contributed by atoms with Crippen molar-refractivity contribution in [2.75, 3.05) is 0 Å². The quantitative estimate of drug-likeness (QED) is 0.731. The largest absolute Gasteiger partial charge is 0.306 e. The van der Waals surface area contributed by atoms with Gasteiger partial charge < -0.3 is 4.57 Å². The van der Waals surface area contributed by atoms with E-state index in [1.54, 1.807) is 6.07 Å². The number of rotatable bonds is 3. The normalized spacial score (nSPS) is 10.6. The van der Waals surface area contributed by atoms with Gasteiger partial charge in [-0.2, -0.15) is 0 Å². The molecule has 2 rings (SSSR count). The predicted molar refractivity (Wildman–Crippen MR) is 76.8 cm³/mol. The summed E-state index contributed by atoms with van der Waals surface area (Å²) in [5.41, 5.74) is -0.668. The number of benzene rings is 1. The molecule has 1 aromatic heterocycles. The molecule has 0 radical (unpaired) electrons. The number of ketones is 1. The van der Waals surface area contributed by atoms with Gasteiger partial charge >= 0.3 is 0 Å². The molecule has 2 aromatic rings. The first-order chi connectivity index (χ1) is 9.38. The van der Waals surface area contributed by atoms with Crippen molar-refractivity contribution in [3.05, 3.63) is 67.0 Å². The Labute approximate surface area is 129 Å². The lowest BCUT2D eigenvalue weighted by Crippen LogP contribution is -2.24. The number of carbonyl (C=O) groups is 1. The highest BCUT2D eigenvalue weighted by Crippen LogP contribution is 2.14. The van der Waals surface area contributed by atoms with Gasteiger partial charge in [0.25, 0.3) is 5.56 Å². The van der Waals surface area contributed by atoms with Crippen LogP contribution >= 0.6 is 31.9 Å². The Balaban J connectivity index is 2.35. The maximum absolute atomic E-state index is 13.5. The first kappa shape index (κ1) is 15.1. The van der Waals surface area contributed by atoms with Crippen LogP contribution in [-0.2, 0) is 6.54 Å². The Morgan fingerprint density at radius 3 is 2.55 bits per heavy atom. The second-order valence-corrected chi connectivity index (χ2v) is 5.76. The number of Topliss-reactive ketones (excluding diaryl/α,β-unsaturated/α-hetero) is 1. The molecule has 0 spiro atoms. The third-order valence-corrected chi connectivity index (χ3v) is 3.56. The van der Waals surface area contributed by atoms with E-state index in [0.717, 1.165) is 16.7 Å². The van der Waals surface area contributed by atoms with Crippen LogP contribution in [0.2, 0.25) is 0 Å². The molecule has 104 valence electrons. The van der Waals surface area contributed by atoms with E-state index < -0.39 is 23.0 Å². The lowest BCUT2D eigenvalue weighted by atomic mass is 10.1. The molecule has 0 aliphatic carbocycles. The molecular weight excluding hydrogens is 400 g/mol. The van der Waals surface area contributed by atoms with Crippen LogP contribution < -0.4 is 5.56 Å². The van der Waals surface area contributed by atoms with E-state index in [1.807, 2.05) is 0 Å². The first-order valence-corrected chi connectivity index (χ1v) is 7.01. The maximum atomic E-state index is 13.5. The average Bonchev–Trinajstić information content (AvgIpc) is 2.35. The minimum Gasteiger partial charge on any atom is -0.306 e. The van der Waals surface area contributed by atoms with Crippen LogP contribution in [0, 0.1) is 11.6 Å². The smallest absolute Gasteiger partial charge is 0.265 e. The van der Waals surface area contributed by atoms with Gasteiger partial charge in [0.05, 0.1) is 16.6 Å². The molecule has 0 fully saturated rings. The Bertz CT molecular complexity index is 744. The molecule has 7 heteroatoms. The van der Waals surface area contributed by atoms with Crippen LogP contribution in [0.3, 0.4) is 0 Å². The van der Waals surface area contributed by atoms with Gasteiger partial charge in [0.15, 0.2) is 5.78 Å². The van der Waals surface area contributed by atoms with Gasteiger partial charge in [-0.05, 0) is 50.1 Å². The maximum Gasteiger partial charge on any atom is 0.265 e. The van der Waals surface area contributed by atoms with Crippen molar-refractivity contribution >= 4 is 37.6 Å². The van der Waals surface area contributed by atoms with Crippen LogP contribution in [0.5, 0.6) is 0 Å². The zero-order valence-corrected chi connectivity index (χ0v) is 13.0. The van der Waals surface area contributed by atoms with E-state index in [1.165, 1.54) is 6.20 Å². The van der Waals surface area contributed by atoms with Gasteiger partial charge in [-0.1, -0.05) is 0 Å². The molecular formula is C13H7Br2F2NO2. The Morgan fingerprint density at radius 1 is 1.20 bits per heavy atom. The van der Waals surface area contributed by atoms with E-state index >= 15 is 0 Å². The summed E-state index contributed by atoms with van der Waals surface area (Å²) in [7, 11) is 0. The topological polar surface area (TPSA) is 39.1 Å². The highest BCUT2D eigenvalue weighted by molar-refractivity contribution is 9.11. The van der Waals surface area contributed by atoms with Gasteiger partial charge in [0.1, 0.15) is 11.6 Å². The van der Waals surface area contributed by atoms with E-state index in [4.69, 9.17) is 0 Å². The molecule has 0 saturated heterocycles. The summed E-state index contributed by atoms with van der Waals surface area (Å²) in [6.45, 7) is -0.334. The van der Waals surface area contributed by atoms with Gasteiger partial charge in [0, 0.05) is 16.7 Å². The van der Waals surface area contributed by atoms with Gasteiger partial charge in [-0.3, -0.25) is 9.59 Å². The Hall–Kier alpha value is -1.34. The number of halogens is 4. The number of hydrogen-bond acceptors (Lipinski definition) is 2. The fourth-order valence-corrected chi connectivity index (χ4v) is 2.90. The molecule has 1 heterocycles. The van der Waals surface area contributed by atoms with Crippen LogP contribution in [0.4, 0.5) is 8.78 Å². The predicted octanol–water partition coefficient (Wildman–Crippen LogP) is 3.53. The molecule has 0 bridgehead atoms. The fourth-order valence-electron chi connectivity index (χ4n) is 1.64. The minimum atomic E-state index is -0.947. The van der Waals surface area contributed by atoms with Crippen molar-refractivity contribution in [2.45, 2.75) is 6.54 Å². The van der Waals surface area contributed by atoms with E-state index in [0.29, 0.717) is 10.5 Å². The van der Waals surface area contributed by atoms with E-state index in [2.05, 4.69) is 31.9 Å². The van der Waals surface area contributed by atoms with E-state index in [9.17, 15) is 18.4 Å². The summed E-state index contributed by atoms with van der Waals surface area (Å²) in [5.74, 6) is -2.33. The summed E-state index contributed by atoms with van der Waals surface area (Å²) in [6, 6.07) is 4.23. The number of carbonyl (C=O) groups excluding carboxylic acids is 1. The summed E-state index contributed by atoms with van der Waals surface area (Å²) < 4.78 is 28.3. The molecule has 0 aliphatic heterocycles. The number of nitrogens with zero attached hydrogens (tertiary/aromatic N) is 1. The highest BCUT2D eigenvalue weighted by atomic mass is 79.9. The van der Waals surface area contributed by atoms with Crippen LogP contribution in [0.25, 0.3) is 0 Å². The lowest BCUT2D eigenvalue weighted by Gasteiger charge is -2.07. The van der Waals surface area contributed by atoms with Crippen LogP contribution in [-0.4, -0.2) is 10.4 Å². The highest BCUT2D eigenvalue weighted by Gasteiger charge is 2.14. The summed E-state index contributed by atoms with van der Waals surface area (Å²) in [6.07, 6.45) is 1.42. The Kier molecular flexibility index (Phi) is 4.49. The van der Waals surface area contributed by atoms with Crippen molar-refractivity contribution in [3.8, 4) is 0 Å². The number of hydrogen-bond donors (Lipinski definition) is 0. The first-order valence-electron chi connectivity index (χ1n) is 5.42. The van der Waals surface area contributed by atoms with E-state index in [-0.39, 0.29) is 16.6 Å². The molecule has 0 N–H and O–H groups in total. The fraction of sp³-hybridized carbons (Fsp3) is 0.0769. The minimum absolute atomic E-state index is 0.255. The molecule has 0 aliphatic rings. The number of aromatic nitrogens is 1. The van der Waals surface area contributed by atoms with Crippen molar-refractivity contribution in [1.29, 1.82) is 0 Å². The molecule has 3 nitrogen and oxygen atoms in total. The van der Waals surface area contributed by atoms with Crippen molar-refractivity contribution < 1.29 is 13.6 Å². The SMILES string of the molecule is O=C(Cn1cc(Br)cc(Br)c1=O)c1ccc(F)cc1F. The Morgan fingerprint density at radius 2 is 1.90 bits per heavy atom. The molecule has 0 saturated carbocycles. The van der Waals surface area contributed by atoms with Gasteiger partial charge in [-0.25, -0.2) is 8.78 Å². The van der Waals surface area contributed by atoms with Crippen molar-refractivity contribution in [2.24, 2.45) is 0 Å². The van der Waals surface area contributed by atoms with Crippen LogP contribution in [0.1, 0.15) is 10.4 Å². The van der Waals surface area contributed by atoms with Gasteiger partial charge in [-0.15, -0.1) is 0 Å². The standard InChI is InChI=1S/C13H7Br2F2NO2/c14-7-3-10(15)13(20)18(5-7)6-12(19)9-2-1-8(16)4-11(9)17/h1-5H,6H2. The second-order valence-electron chi connectivity index (χ2n) is 3.99. The zero-order chi connectivity index (χ0) is 14.9. The lowest BCUT2D eigenvalue weighted by molar-refractivity contribution is 0.0966. The number of pyridine rings is 1. The van der Waals surface area contributed by atoms with Crippen LogP contribution in [0.15, 0.2) is 44.2 Å². The summed E-state index contributed by atoms with van der Waals surface area (Å²) >= 11 is 6.26. The zero-order valence-electron chi connectivity index (χ0n) is 9.87. The summed E-state index contributed by atoms with van der Waals surface area (Å²) in [5, 5.41) is 0. The molecule has 0 atom stereocenters. The summed E-state index contributed by atoms with van der Waals surface area (Å²) in [4.78, 5) is 23.8. The van der Waals surface area contributed by atoms with Gasteiger partial charge in [0.2, 0.25) is 0 Å². The molecule has 1 aromatic carbocycles. The third kappa shape index (κ3) is 3.21. The second kappa shape index (κ2) is 5.97. The molecule has 20 heavy (non-hydrogen) atoms. The molecule has 0 unspecified atom stereocenters. The molecule has 0 amide bonds.